The Kier molecular flexibility index (Phi) is 4.74. The van der Waals surface area contributed by atoms with E-state index in [4.69, 9.17) is 9.15 Å². The maximum absolute atomic E-state index is 12.0. The van der Waals surface area contributed by atoms with Crippen molar-refractivity contribution in [2.24, 2.45) is 0 Å². The summed E-state index contributed by atoms with van der Waals surface area (Å²) in [5.74, 6) is 0.353. The molecular weight excluding hydrogens is 246 g/mol. The van der Waals surface area contributed by atoms with Crippen molar-refractivity contribution in [1.29, 1.82) is 0 Å². The molecule has 0 radical (unpaired) electrons. The highest BCUT2D eigenvalue weighted by atomic mass is 16.5. The van der Waals surface area contributed by atoms with Gasteiger partial charge in [0.25, 0.3) is 0 Å². The molecule has 0 spiro atoms. The maximum atomic E-state index is 12.0. The molecule has 0 aromatic carbocycles. The van der Waals surface area contributed by atoms with Crippen molar-refractivity contribution in [3.8, 4) is 0 Å². The van der Waals surface area contributed by atoms with E-state index in [1.807, 2.05) is 6.92 Å². The number of Topliss-reactive ketones (excluding diaryl/α,β-unsaturated/α-hetero) is 1. The smallest absolute Gasteiger partial charge is 0.222 e. The lowest BCUT2D eigenvalue weighted by molar-refractivity contribution is -0.139. The van der Waals surface area contributed by atoms with Gasteiger partial charge in [0.1, 0.15) is 0 Å². The largest absolute Gasteiger partial charge is 0.461 e. The molecule has 0 aliphatic carbocycles. The molecule has 1 amide bonds. The summed E-state index contributed by atoms with van der Waals surface area (Å²) in [6.45, 7) is 3.50. The minimum Gasteiger partial charge on any atom is -0.461 e. The first-order chi connectivity index (χ1) is 9.22. The van der Waals surface area contributed by atoms with Gasteiger partial charge in [0.2, 0.25) is 5.91 Å². The van der Waals surface area contributed by atoms with Gasteiger partial charge in [-0.1, -0.05) is 6.92 Å². The third-order valence-corrected chi connectivity index (χ3v) is 3.23. The summed E-state index contributed by atoms with van der Waals surface area (Å²) in [6, 6.07) is 3.15. The minimum atomic E-state index is -0.176. The molecule has 1 aromatic rings. The molecule has 0 saturated carbocycles. The molecule has 2 heterocycles. The molecule has 104 valence electrons. The predicted molar refractivity (Wildman–Crippen MR) is 68.9 cm³/mol. The van der Waals surface area contributed by atoms with Gasteiger partial charge in [-0.25, -0.2) is 0 Å². The molecule has 0 N–H and O–H groups in total. The van der Waals surface area contributed by atoms with E-state index >= 15 is 0 Å². The molecule has 2 rings (SSSR count). The van der Waals surface area contributed by atoms with Crippen molar-refractivity contribution in [1.82, 2.24) is 4.90 Å². The number of hydrogen-bond acceptors (Lipinski definition) is 4. The van der Waals surface area contributed by atoms with E-state index in [0.717, 1.165) is 6.42 Å². The predicted octanol–water partition coefficient (Wildman–Crippen LogP) is 1.88. The number of ether oxygens (including phenoxy) is 1. The van der Waals surface area contributed by atoms with Crippen LogP contribution in [0.25, 0.3) is 0 Å². The summed E-state index contributed by atoms with van der Waals surface area (Å²) in [4.78, 5) is 25.8. The van der Waals surface area contributed by atoms with E-state index < -0.39 is 0 Å². The average Bonchev–Trinajstić information content (AvgIpc) is 2.93. The Morgan fingerprint density at radius 1 is 1.47 bits per heavy atom. The number of morpholine rings is 1. The van der Waals surface area contributed by atoms with Crippen LogP contribution in [0.3, 0.4) is 0 Å². The SMILES string of the molecule is CCCC(=O)N1CCOCC1CC(=O)c1ccco1. The van der Waals surface area contributed by atoms with Gasteiger partial charge >= 0.3 is 0 Å². The van der Waals surface area contributed by atoms with Crippen molar-refractivity contribution < 1.29 is 18.7 Å². The van der Waals surface area contributed by atoms with E-state index in [1.54, 1.807) is 17.0 Å². The van der Waals surface area contributed by atoms with Crippen LogP contribution in [0.5, 0.6) is 0 Å². The molecule has 1 saturated heterocycles. The number of carbonyl (C=O) groups is 2. The first-order valence-corrected chi connectivity index (χ1v) is 6.66. The molecular formula is C14H19NO4. The van der Waals surface area contributed by atoms with Crippen molar-refractivity contribution in [2.45, 2.75) is 32.2 Å². The zero-order valence-corrected chi connectivity index (χ0v) is 11.1. The minimum absolute atomic E-state index is 0.0881. The molecule has 1 atom stereocenters. The number of ketones is 1. The van der Waals surface area contributed by atoms with E-state index in [-0.39, 0.29) is 24.2 Å². The van der Waals surface area contributed by atoms with E-state index in [9.17, 15) is 9.59 Å². The van der Waals surface area contributed by atoms with E-state index in [0.29, 0.717) is 31.9 Å². The van der Waals surface area contributed by atoms with Gasteiger partial charge in [-0.05, 0) is 18.6 Å². The lowest BCUT2D eigenvalue weighted by Gasteiger charge is -2.35. The van der Waals surface area contributed by atoms with Crippen molar-refractivity contribution in [3.05, 3.63) is 24.2 Å². The van der Waals surface area contributed by atoms with Crippen molar-refractivity contribution in [2.75, 3.05) is 19.8 Å². The molecule has 1 aliphatic heterocycles. The van der Waals surface area contributed by atoms with E-state index in [1.165, 1.54) is 6.26 Å². The Hall–Kier alpha value is -1.62. The molecule has 0 bridgehead atoms. The van der Waals surface area contributed by atoms with Crippen LogP contribution in [0, 0.1) is 0 Å². The Bertz CT molecular complexity index is 427. The Morgan fingerprint density at radius 2 is 2.32 bits per heavy atom. The van der Waals surface area contributed by atoms with Crippen LogP contribution in [0.4, 0.5) is 0 Å². The fourth-order valence-corrected chi connectivity index (χ4v) is 2.26. The molecule has 1 aliphatic rings. The monoisotopic (exact) mass is 265 g/mol. The fourth-order valence-electron chi connectivity index (χ4n) is 2.26. The molecule has 1 fully saturated rings. The summed E-state index contributed by atoms with van der Waals surface area (Å²) in [5, 5.41) is 0. The second-order valence-electron chi connectivity index (χ2n) is 4.67. The van der Waals surface area contributed by atoms with E-state index in [2.05, 4.69) is 0 Å². The topological polar surface area (TPSA) is 59.8 Å². The maximum Gasteiger partial charge on any atom is 0.222 e. The van der Waals surface area contributed by atoms with Gasteiger partial charge in [0, 0.05) is 19.4 Å². The second kappa shape index (κ2) is 6.52. The third kappa shape index (κ3) is 3.44. The van der Waals surface area contributed by atoms with Crippen LogP contribution >= 0.6 is 0 Å². The van der Waals surface area contributed by atoms with Crippen LogP contribution in [0.1, 0.15) is 36.7 Å². The Balaban J connectivity index is 1.99. The number of carbonyl (C=O) groups excluding carboxylic acids is 2. The molecule has 5 heteroatoms. The second-order valence-corrected chi connectivity index (χ2v) is 4.67. The highest BCUT2D eigenvalue weighted by molar-refractivity contribution is 5.94. The lowest BCUT2D eigenvalue weighted by Crippen LogP contribution is -2.49. The summed E-state index contributed by atoms with van der Waals surface area (Å²) >= 11 is 0. The summed E-state index contributed by atoms with van der Waals surface area (Å²) < 4.78 is 10.5. The highest BCUT2D eigenvalue weighted by Crippen LogP contribution is 2.16. The Morgan fingerprint density at radius 3 is 3.00 bits per heavy atom. The summed E-state index contributed by atoms with van der Waals surface area (Å²) in [5.41, 5.74) is 0. The number of nitrogens with zero attached hydrogens (tertiary/aromatic N) is 1. The number of amides is 1. The summed E-state index contributed by atoms with van der Waals surface area (Å²) in [6.07, 6.45) is 3.06. The third-order valence-electron chi connectivity index (χ3n) is 3.23. The van der Waals surface area contributed by atoms with Crippen LogP contribution < -0.4 is 0 Å². The standard InChI is InChI=1S/C14H19NO4/c1-2-4-14(17)15-6-8-18-10-11(15)9-12(16)13-5-3-7-19-13/h3,5,7,11H,2,4,6,8-10H2,1H3. The van der Waals surface area contributed by atoms with Gasteiger partial charge in [0.05, 0.1) is 25.5 Å². The lowest BCUT2D eigenvalue weighted by atomic mass is 10.1. The zero-order valence-electron chi connectivity index (χ0n) is 11.1. The molecule has 1 aromatic heterocycles. The summed E-state index contributed by atoms with van der Waals surface area (Å²) in [7, 11) is 0. The molecule has 1 unspecified atom stereocenters. The Labute approximate surface area is 112 Å². The first-order valence-electron chi connectivity index (χ1n) is 6.66. The van der Waals surface area contributed by atoms with Gasteiger partial charge in [-0.2, -0.15) is 0 Å². The quantitative estimate of drug-likeness (QED) is 0.763. The van der Waals surface area contributed by atoms with Crippen molar-refractivity contribution in [3.63, 3.8) is 0 Å². The van der Waals surface area contributed by atoms with Gasteiger partial charge in [0.15, 0.2) is 11.5 Å². The number of rotatable bonds is 5. The zero-order chi connectivity index (χ0) is 13.7. The average molecular weight is 265 g/mol. The van der Waals surface area contributed by atoms with Crippen LogP contribution in [-0.2, 0) is 9.53 Å². The molecule has 19 heavy (non-hydrogen) atoms. The van der Waals surface area contributed by atoms with Gasteiger partial charge in [-0.15, -0.1) is 0 Å². The normalized spacial score (nSPS) is 19.4. The van der Waals surface area contributed by atoms with Gasteiger partial charge in [-0.3, -0.25) is 9.59 Å². The van der Waals surface area contributed by atoms with Crippen LogP contribution in [0.2, 0.25) is 0 Å². The number of furan rings is 1. The molecule has 5 nitrogen and oxygen atoms in total. The fraction of sp³-hybridized carbons (Fsp3) is 0.571. The number of hydrogen-bond donors (Lipinski definition) is 0. The van der Waals surface area contributed by atoms with Gasteiger partial charge < -0.3 is 14.1 Å². The first kappa shape index (κ1) is 13.8. The van der Waals surface area contributed by atoms with Crippen LogP contribution in [-0.4, -0.2) is 42.4 Å². The highest BCUT2D eigenvalue weighted by Gasteiger charge is 2.29. The van der Waals surface area contributed by atoms with Crippen LogP contribution in [0.15, 0.2) is 22.8 Å². The van der Waals surface area contributed by atoms with Crippen molar-refractivity contribution >= 4 is 11.7 Å².